The van der Waals surface area contributed by atoms with Gasteiger partial charge in [-0.2, -0.15) is 0 Å². The number of hydrogen-bond acceptors (Lipinski definition) is 9. The van der Waals surface area contributed by atoms with E-state index in [0.717, 1.165) is 6.08 Å². The van der Waals surface area contributed by atoms with Crippen LogP contribution in [0.1, 0.15) is 15.9 Å². The van der Waals surface area contributed by atoms with Crippen molar-refractivity contribution < 1.29 is 40.0 Å². The molecule has 0 bridgehead atoms. The van der Waals surface area contributed by atoms with Crippen LogP contribution in [0.15, 0.2) is 30.3 Å². The van der Waals surface area contributed by atoms with E-state index in [2.05, 4.69) is 10.9 Å². The van der Waals surface area contributed by atoms with Gasteiger partial charge in [-0.3, -0.25) is 25.0 Å². The van der Waals surface area contributed by atoms with E-state index in [1.165, 1.54) is 23.7 Å². The summed E-state index contributed by atoms with van der Waals surface area (Å²) in [6.07, 6.45) is -3.06. The molecular weight excluding hydrogens is 362 g/mol. The van der Waals surface area contributed by atoms with Crippen molar-refractivity contribution in [3.63, 3.8) is 0 Å². The number of hydrogen-bond donors (Lipinski definition) is 8. The van der Waals surface area contributed by atoms with Crippen LogP contribution in [0.3, 0.4) is 0 Å². The van der Waals surface area contributed by atoms with Crippen molar-refractivity contribution >= 4 is 23.7 Å². The van der Waals surface area contributed by atoms with Gasteiger partial charge in [0, 0.05) is 11.6 Å². The summed E-state index contributed by atoms with van der Waals surface area (Å²) >= 11 is 0. The summed E-state index contributed by atoms with van der Waals surface area (Å²) in [4.78, 5) is 34.6. The van der Waals surface area contributed by atoms with Crippen LogP contribution in [0, 0.1) is 0 Å². The van der Waals surface area contributed by atoms with E-state index in [1.807, 2.05) is 0 Å². The number of aliphatic hydroxyl groups is 4. The number of aliphatic hydroxyl groups excluding tert-OH is 4. The van der Waals surface area contributed by atoms with Gasteiger partial charge in [0.25, 0.3) is 11.8 Å². The van der Waals surface area contributed by atoms with E-state index in [0.29, 0.717) is 5.56 Å². The molecule has 0 saturated carbocycles. The predicted octanol–water partition coefficient (Wildman–Crippen LogP) is -2.92. The van der Waals surface area contributed by atoms with Crippen molar-refractivity contribution in [2.75, 3.05) is 13.2 Å². The van der Waals surface area contributed by atoms with Gasteiger partial charge in [-0.25, -0.2) is 10.9 Å². The molecule has 0 heterocycles. The van der Waals surface area contributed by atoms with Crippen molar-refractivity contribution in [2.45, 2.75) is 18.3 Å². The van der Waals surface area contributed by atoms with Gasteiger partial charge in [0.15, 0.2) is 5.78 Å². The smallest absolute Gasteiger partial charge is 0.267 e. The van der Waals surface area contributed by atoms with E-state index in [9.17, 15) is 29.7 Å². The highest BCUT2D eigenvalue weighted by Gasteiger charge is 2.29. The van der Waals surface area contributed by atoms with Crippen molar-refractivity contribution in [3.8, 4) is 0 Å². The SMILES string of the molecule is O=C(/C=C/c1cccc(C(=O)NNCC(=O)[C@@H](O)[C@@H](O)[C@H](O)CO)c1)NO. The van der Waals surface area contributed by atoms with E-state index >= 15 is 0 Å². The Hall–Kier alpha value is -2.67. The number of Topliss-reactive ketones (excluding diaryl/α,β-unsaturated/α-hetero) is 1. The van der Waals surface area contributed by atoms with Crippen LogP contribution < -0.4 is 16.3 Å². The third-order valence-electron chi connectivity index (χ3n) is 3.39. The van der Waals surface area contributed by atoms with Gasteiger partial charge in [0.1, 0.15) is 18.3 Å². The Labute approximate surface area is 153 Å². The predicted molar refractivity (Wildman–Crippen MR) is 91.0 cm³/mol. The quantitative estimate of drug-likeness (QED) is 0.119. The Morgan fingerprint density at radius 1 is 1.15 bits per heavy atom. The van der Waals surface area contributed by atoms with Gasteiger partial charge in [-0.1, -0.05) is 12.1 Å². The highest BCUT2D eigenvalue weighted by Crippen LogP contribution is 2.07. The van der Waals surface area contributed by atoms with Gasteiger partial charge in [0.2, 0.25) is 0 Å². The van der Waals surface area contributed by atoms with E-state index in [-0.39, 0.29) is 5.56 Å². The lowest BCUT2D eigenvalue weighted by Gasteiger charge is -2.20. The molecule has 0 radical (unpaired) electrons. The van der Waals surface area contributed by atoms with Gasteiger partial charge < -0.3 is 20.4 Å². The molecule has 11 nitrogen and oxygen atoms in total. The number of amides is 2. The van der Waals surface area contributed by atoms with Gasteiger partial charge in [0.05, 0.1) is 13.2 Å². The summed E-state index contributed by atoms with van der Waals surface area (Å²) < 4.78 is 0. The fraction of sp³-hybridized carbons (Fsp3) is 0.312. The Morgan fingerprint density at radius 2 is 1.85 bits per heavy atom. The number of nitrogens with one attached hydrogen (secondary N) is 3. The fourth-order valence-corrected chi connectivity index (χ4v) is 1.89. The molecule has 27 heavy (non-hydrogen) atoms. The molecule has 11 heteroatoms. The Morgan fingerprint density at radius 3 is 2.48 bits per heavy atom. The number of ketones is 1. The summed E-state index contributed by atoms with van der Waals surface area (Å²) in [7, 11) is 0. The lowest BCUT2D eigenvalue weighted by molar-refractivity contribution is -0.139. The van der Waals surface area contributed by atoms with E-state index in [4.69, 9.17) is 10.3 Å². The third-order valence-corrected chi connectivity index (χ3v) is 3.39. The second kappa shape index (κ2) is 11.1. The van der Waals surface area contributed by atoms with Crippen molar-refractivity contribution in [1.29, 1.82) is 0 Å². The third kappa shape index (κ3) is 7.22. The molecule has 0 aliphatic carbocycles. The van der Waals surface area contributed by atoms with E-state index < -0.39 is 49.1 Å². The average molecular weight is 383 g/mol. The zero-order chi connectivity index (χ0) is 20.4. The molecule has 8 N–H and O–H groups in total. The second-order valence-corrected chi connectivity index (χ2v) is 5.39. The maximum Gasteiger partial charge on any atom is 0.267 e. The minimum Gasteiger partial charge on any atom is -0.394 e. The van der Waals surface area contributed by atoms with Gasteiger partial charge in [-0.15, -0.1) is 0 Å². The number of carbonyl (C=O) groups excluding carboxylic acids is 3. The molecule has 1 rings (SSSR count). The first kappa shape index (κ1) is 22.4. The second-order valence-electron chi connectivity index (χ2n) is 5.39. The minimum absolute atomic E-state index is 0.192. The highest BCUT2D eigenvalue weighted by molar-refractivity contribution is 5.95. The summed E-state index contributed by atoms with van der Waals surface area (Å²) in [5, 5.41) is 45.2. The maximum atomic E-state index is 12.0. The molecule has 1 aromatic rings. The van der Waals surface area contributed by atoms with E-state index in [1.54, 1.807) is 12.1 Å². The Bertz CT molecular complexity index is 694. The number of hydrazine groups is 1. The van der Waals surface area contributed by atoms with Crippen molar-refractivity contribution in [2.24, 2.45) is 0 Å². The standard InChI is InChI=1S/C16H21N3O8/c20-8-12(22)15(25)14(24)11(21)7-17-18-16(26)10-3-1-2-9(6-10)4-5-13(23)19-27/h1-6,12,14-15,17,20,22,24-25,27H,7-8H2,(H,18,26)(H,19,23)/b5-4+/t12-,14-,15+/m1/s1. The first-order chi connectivity index (χ1) is 12.8. The Kier molecular flexibility index (Phi) is 9.22. The molecule has 0 fully saturated rings. The topological polar surface area (TPSA) is 188 Å². The molecule has 0 unspecified atom stereocenters. The number of carbonyl (C=O) groups is 3. The van der Waals surface area contributed by atoms with Crippen molar-refractivity contribution in [1.82, 2.24) is 16.3 Å². The summed E-state index contributed by atoms with van der Waals surface area (Å²) in [6.45, 7) is -1.38. The number of rotatable bonds is 10. The average Bonchev–Trinajstić information content (AvgIpc) is 2.69. The summed E-state index contributed by atoms with van der Waals surface area (Å²) in [6, 6.07) is 6.07. The maximum absolute atomic E-state index is 12.0. The molecule has 2 amide bonds. The van der Waals surface area contributed by atoms with Crippen LogP contribution in [0.25, 0.3) is 6.08 Å². The molecule has 148 valence electrons. The molecule has 0 aromatic heterocycles. The first-order valence-corrected chi connectivity index (χ1v) is 7.73. The Balaban J connectivity index is 2.56. The minimum atomic E-state index is -1.94. The molecule has 3 atom stereocenters. The summed E-state index contributed by atoms with van der Waals surface area (Å²) in [5.74, 6) is -2.27. The van der Waals surface area contributed by atoms with Gasteiger partial charge >= 0.3 is 0 Å². The molecule has 0 spiro atoms. The monoisotopic (exact) mass is 383 g/mol. The van der Waals surface area contributed by atoms with Crippen molar-refractivity contribution in [3.05, 3.63) is 41.5 Å². The molecule has 1 aromatic carbocycles. The largest absolute Gasteiger partial charge is 0.394 e. The zero-order valence-corrected chi connectivity index (χ0v) is 14.1. The highest BCUT2D eigenvalue weighted by atomic mass is 16.5. The zero-order valence-electron chi connectivity index (χ0n) is 14.1. The fourth-order valence-electron chi connectivity index (χ4n) is 1.89. The molecular formula is C16H21N3O8. The van der Waals surface area contributed by atoms with Crippen LogP contribution >= 0.6 is 0 Å². The lowest BCUT2D eigenvalue weighted by Crippen LogP contribution is -2.49. The summed E-state index contributed by atoms with van der Waals surface area (Å²) in [5.41, 5.74) is 6.60. The first-order valence-electron chi connectivity index (χ1n) is 7.73. The van der Waals surface area contributed by atoms with Crippen LogP contribution in [0.2, 0.25) is 0 Å². The number of hydroxylamine groups is 1. The molecule has 0 aliphatic heterocycles. The van der Waals surface area contributed by atoms with Crippen LogP contribution in [0.5, 0.6) is 0 Å². The van der Waals surface area contributed by atoms with Crippen LogP contribution in [-0.4, -0.2) is 74.7 Å². The number of benzene rings is 1. The lowest BCUT2D eigenvalue weighted by atomic mass is 10.1. The molecule has 0 saturated heterocycles. The van der Waals surface area contributed by atoms with Crippen LogP contribution in [-0.2, 0) is 9.59 Å². The normalized spacial score (nSPS) is 14.4. The van der Waals surface area contributed by atoms with Crippen LogP contribution in [0.4, 0.5) is 0 Å². The van der Waals surface area contributed by atoms with Gasteiger partial charge in [-0.05, 0) is 23.8 Å². The molecule has 0 aliphatic rings.